The van der Waals surface area contributed by atoms with Gasteiger partial charge in [0, 0.05) is 5.92 Å². The van der Waals surface area contributed by atoms with Gasteiger partial charge in [-0.3, -0.25) is 4.79 Å². The van der Waals surface area contributed by atoms with Gasteiger partial charge in [-0.1, -0.05) is 49.2 Å². The van der Waals surface area contributed by atoms with Crippen LogP contribution >= 0.6 is 0 Å². The van der Waals surface area contributed by atoms with Crippen molar-refractivity contribution >= 4 is 5.91 Å². The van der Waals surface area contributed by atoms with Gasteiger partial charge in [0.05, 0.1) is 6.07 Å². The monoisotopic (exact) mass is 336 g/mol. The highest BCUT2D eigenvalue weighted by Crippen LogP contribution is 2.41. The Labute approximate surface area is 147 Å². The van der Waals surface area contributed by atoms with Gasteiger partial charge < -0.3 is 5.32 Å². The maximum Gasteiger partial charge on any atom is 0.224 e. The Morgan fingerprint density at radius 2 is 1.96 bits per heavy atom. The van der Waals surface area contributed by atoms with E-state index in [9.17, 15) is 9.18 Å². The van der Waals surface area contributed by atoms with Crippen LogP contribution < -0.4 is 5.32 Å². The van der Waals surface area contributed by atoms with Gasteiger partial charge in [0.1, 0.15) is 12.4 Å². The van der Waals surface area contributed by atoms with Crippen molar-refractivity contribution < 1.29 is 9.18 Å². The van der Waals surface area contributed by atoms with Gasteiger partial charge in [-0.05, 0) is 47.6 Å². The topological polar surface area (TPSA) is 52.9 Å². The van der Waals surface area contributed by atoms with E-state index in [1.807, 2.05) is 36.4 Å². The molecule has 1 amide bonds. The molecule has 1 fully saturated rings. The van der Waals surface area contributed by atoms with E-state index in [1.54, 1.807) is 6.07 Å². The van der Waals surface area contributed by atoms with Crippen LogP contribution in [0.3, 0.4) is 0 Å². The third-order valence-corrected chi connectivity index (χ3v) is 4.94. The summed E-state index contributed by atoms with van der Waals surface area (Å²) in [7, 11) is 0. The van der Waals surface area contributed by atoms with Gasteiger partial charge in [-0.25, -0.2) is 4.39 Å². The summed E-state index contributed by atoms with van der Waals surface area (Å²) in [5, 5.41) is 11.4. The van der Waals surface area contributed by atoms with E-state index in [4.69, 9.17) is 5.26 Å². The molecule has 1 aliphatic rings. The first-order valence-electron chi connectivity index (χ1n) is 8.70. The first kappa shape index (κ1) is 17.2. The Balaban J connectivity index is 1.97. The fourth-order valence-electron chi connectivity index (χ4n) is 3.81. The highest BCUT2D eigenvalue weighted by molar-refractivity contribution is 5.81. The SMILES string of the molecule is N#CCNC(=O)C1CCCCC1c1ccccc1-c1cccc(F)c1. The van der Waals surface area contributed by atoms with Gasteiger partial charge in [0.25, 0.3) is 0 Å². The fraction of sp³-hybridized carbons (Fsp3) is 0.333. The van der Waals surface area contributed by atoms with E-state index in [0.29, 0.717) is 0 Å². The zero-order valence-corrected chi connectivity index (χ0v) is 14.0. The second-order valence-electron chi connectivity index (χ2n) is 6.47. The average Bonchev–Trinajstić information content (AvgIpc) is 2.66. The molecule has 0 aliphatic heterocycles. The summed E-state index contributed by atoms with van der Waals surface area (Å²) in [6, 6.07) is 16.5. The van der Waals surface area contributed by atoms with Crippen molar-refractivity contribution in [2.24, 2.45) is 5.92 Å². The zero-order valence-electron chi connectivity index (χ0n) is 14.0. The maximum absolute atomic E-state index is 13.7. The van der Waals surface area contributed by atoms with Crippen LogP contribution in [0.2, 0.25) is 0 Å². The highest BCUT2D eigenvalue weighted by Gasteiger charge is 2.33. The summed E-state index contributed by atoms with van der Waals surface area (Å²) >= 11 is 0. The minimum Gasteiger partial charge on any atom is -0.343 e. The van der Waals surface area contributed by atoms with Gasteiger partial charge in [0.2, 0.25) is 5.91 Å². The molecule has 2 atom stereocenters. The van der Waals surface area contributed by atoms with E-state index in [0.717, 1.165) is 42.4 Å². The van der Waals surface area contributed by atoms with Gasteiger partial charge >= 0.3 is 0 Å². The van der Waals surface area contributed by atoms with E-state index in [2.05, 4.69) is 5.32 Å². The van der Waals surface area contributed by atoms with Crippen LogP contribution in [-0.4, -0.2) is 12.5 Å². The number of halogens is 1. The maximum atomic E-state index is 13.7. The molecule has 1 N–H and O–H groups in total. The predicted octanol–water partition coefficient (Wildman–Crippen LogP) is 4.41. The number of nitriles is 1. The molecular formula is C21H21FN2O. The lowest BCUT2D eigenvalue weighted by Gasteiger charge is -2.32. The summed E-state index contributed by atoms with van der Waals surface area (Å²) < 4.78 is 13.7. The van der Waals surface area contributed by atoms with Gasteiger partial charge in [-0.15, -0.1) is 0 Å². The number of benzene rings is 2. The minimum atomic E-state index is -0.265. The van der Waals surface area contributed by atoms with Crippen molar-refractivity contribution in [3.8, 4) is 17.2 Å². The van der Waals surface area contributed by atoms with Crippen LogP contribution in [0.4, 0.5) is 4.39 Å². The van der Waals surface area contributed by atoms with Gasteiger partial charge in [-0.2, -0.15) is 5.26 Å². The molecule has 2 unspecified atom stereocenters. The molecule has 3 nitrogen and oxygen atoms in total. The normalized spacial score (nSPS) is 19.8. The number of rotatable bonds is 4. The summed E-state index contributed by atoms with van der Waals surface area (Å²) in [6.45, 7) is 0.0353. The summed E-state index contributed by atoms with van der Waals surface area (Å²) in [6.07, 6.45) is 3.84. The number of carbonyl (C=O) groups is 1. The van der Waals surface area contributed by atoms with Crippen molar-refractivity contribution in [1.82, 2.24) is 5.32 Å². The number of hydrogen-bond acceptors (Lipinski definition) is 2. The van der Waals surface area contributed by atoms with E-state index >= 15 is 0 Å². The summed E-state index contributed by atoms with van der Waals surface area (Å²) in [5.41, 5.74) is 2.90. The number of nitrogens with one attached hydrogen (secondary N) is 1. The van der Waals surface area contributed by atoms with Crippen molar-refractivity contribution in [1.29, 1.82) is 5.26 Å². The Morgan fingerprint density at radius 3 is 2.76 bits per heavy atom. The molecule has 0 spiro atoms. The predicted molar refractivity (Wildman–Crippen MR) is 95.2 cm³/mol. The first-order valence-corrected chi connectivity index (χ1v) is 8.70. The van der Waals surface area contributed by atoms with Crippen LogP contribution in [0.15, 0.2) is 48.5 Å². The summed E-state index contributed by atoms with van der Waals surface area (Å²) in [5.74, 6) is -0.372. The van der Waals surface area contributed by atoms with E-state index in [-0.39, 0.29) is 30.1 Å². The van der Waals surface area contributed by atoms with Crippen molar-refractivity contribution in [3.63, 3.8) is 0 Å². The standard InChI is InChI=1S/C21H21FN2O/c22-16-7-5-6-15(14-16)17-8-1-2-9-18(17)19-10-3-4-11-20(19)21(25)24-13-12-23/h1-2,5-9,14,19-20H,3-4,10-11,13H2,(H,24,25). The lowest BCUT2D eigenvalue weighted by molar-refractivity contribution is -0.126. The lowest BCUT2D eigenvalue weighted by Crippen LogP contribution is -2.36. The smallest absolute Gasteiger partial charge is 0.224 e. The van der Waals surface area contributed by atoms with Crippen LogP contribution in [0.25, 0.3) is 11.1 Å². The molecule has 0 heterocycles. The third kappa shape index (κ3) is 3.88. The molecule has 0 bridgehead atoms. The lowest BCUT2D eigenvalue weighted by atomic mass is 9.73. The number of carbonyl (C=O) groups excluding carboxylic acids is 1. The van der Waals surface area contributed by atoms with Crippen LogP contribution in [0.5, 0.6) is 0 Å². The molecule has 0 radical (unpaired) electrons. The molecule has 4 heteroatoms. The van der Waals surface area contributed by atoms with Crippen molar-refractivity contribution in [3.05, 3.63) is 59.9 Å². The number of hydrogen-bond donors (Lipinski definition) is 1. The van der Waals surface area contributed by atoms with Crippen molar-refractivity contribution in [2.45, 2.75) is 31.6 Å². The minimum absolute atomic E-state index is 0.0353. The van der Waals surface area contributed by atoms with Crippen LogP contribution in [0, 0.1) is 23.1 Å². The van der Waals surface area contributed by atoms with Crippen molar-refractivity contribution in [2.75, 3.05) is 6.54 Å². The molecule has 2 aromatic rings. The van der Waals surface area contributed by atoms with Crippen LogP contribution in [0.1, 0.15) is 37.2 Å². The third-order valence-electron chi connectivity index (χ3n) is 4.94. The Kier molecular flexibility index (Phi) is 5.45. The highest BCUT2D eigenvalue weighted by atomic mass is 19.1. The second-order valence-corrected chi connectivity index (χ2v) is 6.47. The van der Waals surface area contributed by atoms with Crippen LogP contribution in [-0.2, 0) is 4.79 Å². The van der Waals surface area contributed by atoms with Gasteiger partial charge in [0.15, 0.2) is 0 Å². The fourth-order valence-corrected chi connectivity index (χ4v) is 3.81. The first-order chi connectivity index (χ1) is 12.2. The molecular weight excluding hydrogens is 315 g/mol. The molecule has 2 aromatic carbocycles. The van der Waals surface area contributed by atoms with E-state index < -0.39 is 0 Å². The average molecular weight is 336 g/mol. The quantitative estimate of drug-likeness (QED) is 0.841. The molecule has 0 aromatic heterocycles. The van der Waals surface area contributed by atoms with E-state index in [1.165, 1.54) is 12.1 Å². The molecule has 25 heavy (non-hydrogen) atoms. The zero-order chi connectivity index (χ0) is 17.6. The number of amides is 1. The largest absolute Gasteiger partial charge is 0.343 e. The molecule has 128 valence electrons. The second kappa shape index (κ2) is 7.94. The summed E-state index contributed by atoms with van der Waals surface area (Å²) in [4.78, 5) is 12.5. The molecule has 0 saturated heterocycles. The molecule has 3 rings (SSSR count). The Hall–Kier alpha value is -2.67. The molecule has 1 aliphatic carbocycles. The Morgan fingerprint density at radius 1 is 1.16 bits per heavy atom. The Bertz CT molecular complexity index is 796. The number of nitrogens with zero attached hydrogens (tertiary/aromatic N) is 1. The molecule has 1 saturated carbocycles.